The monoisotopic (exact) mass is 395 g/mol. The van der Waals surface area contributed by atoms with E-state index in [1.54, 1.807) is 0 Å². The van der Waals surface area contributed by atoms with Crippen LogP contribution in [0.4, 0.5) is 17.6 Å². The predicted octanol–water partition coefficient (Wildman–Crippen LogP) is 3.21. The first kappa shape index (κ1) is 19.7. The summed E-state index contributed by atoms with van der Waals surface area (Å²) in [5.74, 6) is -2.59. The number of nitrogens with two attached hydrogens (primary N) is 1. The van der Waals surface area contributed by atoms with Gasteiger partial charge in [0.05, 0.1) is 0 Å². The summed E-state index contributed by atoms with van der Waals surface area (Å²) in [6, 6.07) is 5.73. The number of alkyl halides is 2. The van der Waals surface area contributed by atoms with Crippen molar-refractivity contribution in [1.29, 1.82) is 0 Å². The second-order valence-corrected chi connectivity index (χ2v) is 6.46. The molecule has 0 radical (unpaired) electrons. The van der Waals surface area contributed by atoms with Crippen LogP contribution in [0.3, 0.4) is 0 Å². The summed E-state index contributed by atoms with van der Waals surface area (Å²) in [5.41, 5.74) is 4.49. The molecule has 2 aromatic rings. The molecule has 1 amide bonds. The number of benzene rings is 2. The van der Waals surface area contributed by atoms with Gasteiger partial charge in [-0.25, -0.2) is 13.8 Å². The lowest BCUT2D eigenvalue weighted by Gasteiger charge is -2.28. The Kier molecular flexibility index (Phi) is 4.78. The van der Waals surface area contributed by atoms with Gasteiger partial charge in [-0.1, -0.05) is 6.07 Å². The fourth-order valence-corrected chi connectivity index (χ4v) is 3.28. The number of aryl methyl sites for hydroxylation is 1. The summed E-state index contributed by atoms with van der Waals surface area (Å²) >= 11 is 0. The molecule has 3 rings (SSSR count). The summed E-state index contributed by atoms with van der Waals surface area (Å²) in [7, 11) is 1.38. The Morgan fingerprint density at radius 1 is 1.18 bits per heavy atom. The lowest BCUT2D eigenvalue weighted by molar-refractivity contribution is -0.129. The van der Waals surface area contributed by atoms with E-state index in [-0.39, 0.29) is 28.4 Å². The molecule has 0 aliphatic carbocycles. The fraction of sp³-hybridized carbons (Fsp3) is 0.263. The number of hydrogen-bond donors (Lipinski definition) is 1. The van der Waals surface area contributed by atoms with Crippen LogP contribution < -0.4 is 10.5 Å². The second kappa shape index (κ2) is 6.81. The molecule has 9 heteroatoms. The Morgan fingerprint density at radius 2 is 1.86 bits per heavy atom. The zero-order chi connectivity index (χ0) is 20.8. The van der Waals surface area contributed by atoms with Gasteiger partial charge in [0.1, 0.15) is 17.4 Å². The van der Waals surface area contributed by atoms with Crippen molar-refractivity contribution in [3.05, 3.63) is 64.2 Å². The summed E-state index contributed by atoms with van der Waals surface area (Å²) in [6.45, 7) is -0.125. The van der Waals surface area contributed by atoms with Crippen molar-refractivity contribution in [3.8, 4) is 5.75 Å². The van der Waals surface area contributed by atoms with Crippen molar-refractivity contribution in [3.63, 3.8) is 0 Å². The van der Waals surface area contributed by atoms with Gasteiger partial charge in [-0.2, -0.15) is 8.78 Å². The minimum Gasteiger partial charge on any atom is -0.435 e. The molecule has 0 bridgehead atoms. The Bertz CT molecular complexity index is 993. The third kappa shape index (κ3) is 2.96. The smallest absolute Gasteiger partial charge is 0.387 e. The largest absolute Gasteiger partial charge is 0.435 e. The average Bonchev–Trinajstić information content (AvgIpc) is 2.84. The predicted molar refractivity (Wildman–Crippen MR) is 94.1 cm³/mol. The van der Waals surface area contributed by atoms with Gasteiger partial charge in [-0.05, 0) is 48.7 Å². The maximum atomic E-state index is 14.2. The summed E-state index contributed by atoms with van der Waals surface area (Å²) in [5, 5.41) is 0. The van der Waals surface area contributed by atoms with Gasteiger partial charge in [-0.15, -0.1) is 0 Å². The minimum absolute atomic E-state index is 0.0205. The first-order valence-corrected chi connectivity index (χ1v) is 8.23. The Balaban J connectivity index is 2.29. The molecule has 1 aliphatic heterocycles. The fourth-order valence-electron chi connectivity index (χ4n) is 3.28. The zero-order valence-electron chi connectivity index (χ0n) is 15.3. The molecule has 1 atom stereocenters. The van der Waals surface area contributed by atoms with Crippen molar-refractivity contribution in [1.82, 2.24) is 4.90 Å². The van der Waals surface area contributed by atoms with E-state index in [9.17, 15) is 22.4 Å². The van der Waals surface area contributed by atoms with Crippen molar-refractivity contribution in [2.75, 3.05) is 7.05 Å². The number of carbonyl (C=O) groups excluding carboxylic acids is 1. The van der Waals surface area contributed by atoms with Crippen LogP contribution in [-0.2, 0) is 10.3 Å². The molecule has 5 nitrogen and oxygen atoms in total. The molecule has 28 heavy (non-hydrogen) atoms. The third-order valence-corrected chi connectivity index (χ3v) is 4.75. The molecule has 1 aliphatic rings. The first-order valence-electron chi connectivity index (χ1n) is 8.23. The number of halogens is 4. The van der Waals surface area contributed by atoms with Crippen molar-refractivity contribution in [2.24, 2.45) is 10.7 Å². The Morgan fingerprint density at radius 3 is 2.39 bits per heavy atom. The van der Waals surface area contributed by atoms with Crippen molar-refractivity contribution < 1.29 is 27.1 Å². The highest BCUT2D eigenvalue weighted by molar-refractivity contribution is 6.09. The maximum Gasteiger partial charge on any atom is 0.387 e. The molecule has 1 unspecified atom stereocenters. The highest BCUT2D eigenvalue weighted by atomic mass is 19.3. The number of amides is 1. The van der Waals surface area contributed by atoms with Crippen LogP contribution in [0.2, 0.25) is 0 Å². The van der Waals surface area contributed by atoms with Gasteiger partial charge in [0, 0.05) is 18.7 Å². The number of aliphatic imine (C=N–C) groups is 1. The van der Waals surface area contributed by atoms with E-state index in [1.807, 2.05) is 0 Å². The van der Waals surface area contributed by atoms with Crippen LogP contribution >= 0.6 is 0 Å². The summed E-state index contributed by atoms with van der Waals surface area (Å²) in [4.78, 5) is 18.4. The van der Waals surface area contributed by atoms with Gasteiger partial charge >= 0.3 is 6.61 Å². The molecule has 0 saturated carbocycles. The highest BCUT2D eigenvalue weighted by Gasteiger charge is 2.51. The van der Waals surface area contributed by atoms with Crippen LogP contribution in [-0.4, -0.2) is 30.4 Å². The highest BCUT2D eigenvalue weighted by Crippen LogP contribution is 2.42. The van der Waals surface area contributed by atoms with Crippen LogP contribution in [0.5, 0.6) is 5.75 Å². The van der Waals surface area contributed by atoms with Crippen LogP contribution in [0.15, 0.2) is 35.3 Å². The summed E-state index contributed by atoms with van der Waals surface area (Å²) < 4.78 is 57.8. The summed E-state index contributed by atoms with van der Waals surface area (Å²) in [6.07, 6.45) is 0. The van der Waals surface area contributed by atoms with Gasteiger partial charge < -0.3 is 10.5 Å². The zero-order valence-corrected chi connectivity index (χ0v) is 15.3. The number of hydrogen-bond acceptors (Lipinski definition) is 4. The molecular weight excluding hydrogens is 378 g/mol. The second-order valence-electron chi connectivity index (χ2n) is 6.46. The lowest BCUT2D eigenvalue weighted by atomic mass is 9.80. The van der Waals surface area contributed by atoms with E-state index < -0.39 is 29.7 Å². The van der Waals surface area contributed by atoms with Crippen LogP contribution in [0.1, 0.15) is 22.3 Å². The maximum absolute atomic E-state index is 14.2. The van der Waals surface area contributed by atoms with Gasteiger partial charge in [0.25, 0.3) is 5.91 Å². The Hall–Kier alpha value is -3.10. The van der Waals surface area contributed by atoms with Crippen LogP contribution in [0, 0.1) is 25.5 Å². The third-order valence-electron chi connectivity index (χ3n) is 4.75. The van der Waals surface area contributed by atoms with Gasteiger partial charge in [0.2, 0.25) is 0 Å². The molecular formula is C19H17F4N3O2. The first-order chi connectivity index (χ1) is 13.1. The molecule has 1 heterocycles. The lowest BCUT2D eigenvalue weighted by Crippen LogP contribution is -2.41. The van der Waals surface area contributed by atoms with Crippen molar-refractivity contribution >= 4 is 11.9 Å². The molecule has 148 valence electrons. The topological polar surface area (TPSA) is 67.9 Å². The SMILES string of the molecule is Cc1cc(C2(c3cc(F)cc(F)c3C)N=C(N)N(C)C2=O)ccc1OC(F)F. The van der Waals surface area contributed by atoms with E-state index in [4.69, 9.17) is 5.73 Å². The molecule has 2 N–H and O–H groups in total. The molecule has 0 saturated heterocycles. The van der Waals surface area contributed by atoms with Crippen molar-refractivity contribution in [2.45, 2.75) is 26.0 Å². The van der Waals surface area contributed by atoms with E-state index >= 15 is 0 Å². The average molecular weight is 395 g/mol. The molecule has 0 fully saturated rings. The number of rotatable bonds is 4. The van der Waals surface area contributed by atoms with Gasteiger partial charge in [-0.3, -0.25) is 9.69 Å². The quantitative estimate of drug-likeness (QED) is 0.809. The van der Waals surface area contributed by atoms with E-state index in [0.717, 1.165) is 11.0 Å². The minimum atomic E-state index is -3.02. The van der Waals surface area contributed by atoms with E-state index in [1.165, 1.54) is 39.1 Å². The molecule has 0 aromatic heterocycles. The number of nitrogens with zero attached hydrogens (tertiary/aromatic N) is 2. The number of ether oxygens (including phenoxy) is 1. The molecule has 2 aromatic carbocycles. The number of likely N-dealkylation sites (N-methyl/N-ethyl adjacent to an activating group) is 1. The van der Waals surface area contributed by atoms with E-state index in [2.05, 4.69) is 9.73 Å². The normalized spacial score (nSPS) is 19.4. The van der Waals surface area contributed by atoms with E-state index in [0.29, 0.717) is 11.6 Å². The van der Waals surface area contributed by atoms with Crippen LogP contribution in [0.25, 0.3) is 0 Å². The standard InChI is InChI=1S/C19H17F4N3O2/c1-9-6-11(4-5-15(9)28-17(22)23)19(16(27)26(3)18(24)25-19)13-7-12(20)8-14(21)10(13)2/h4-8,17H,1-3H3,(H2,24,25). The Labute approximate surface area is 158 Å². The molecule has 0 spiro atoms. The van der Waals surface area contributed by atoms with Gasteiger partial charge in [0.15, 0.2) is 11.5 Å². The number of guanidine groups is 1. The number of carbonyl (C=O) groups is 1.